The van der Waals surface area contributed by atoms with Crippen molar-refractivity contribution in [1.82, 2.24) is 9.97 Å². The fourth-order valence-electron chi connectivity index (χ4n) is 2.62. The molecule has 0 bridgehead atoms. The third-order valence-electron chi connectivity index (χ3n) is 4.04. The van der Waals surface area contributed by atoms with E-state index in [0.29, 0.717) is 17.1 Å². The summed E-state index contributed by atoms with van der Waals surface area (Å²) in [5, 5.41) is 11.7. The maximum Gasteiger partial charge on any atom is 0.275 e. The Balaban J connectivity index is 1.70. The van der Waals surface area contributed by atoms with Crippen LogP contribution in [0.4, 0.5) is 11.5 Å². The molecule has 1 amide bonds. The summed E-state index contributed by atoms with van der Waals surface area (Å²) in [4.78, 5) is 23.1. The molecule has 0 aliphatic carbocycles. The topological polar surface area (TPSA) is 81.9 Å². The highest BCUT2D eigenvalue weighted by atomic mass is 16.1. The second-order valence-electron chi connectivity index (χ2n) is 5.91. The number of nitrogens with zero attached hydrogens (tertiary/aromatic N) is 4. The molecule has 1 aromatic heterocycles. The number of anilines is 2. The fraction of sp³-hybridized carbons (Fsp3) is 0.143. The molecule has 0 saturated carbocycles. The third kappa shape index (κ3) is 4.67. The van der Waals surface area contributed by atoms with Crippen LogP contribution in [0.15, 0.2) is 67.0 Å². The molecule has 3 aromatic rings. The van der Waals surface area contributed by atoms with Crippen LogP contribution in [0.25, 0.3) is 0 Å². The van der Waals surface area contributed by atoms with Gasteiger partial charge in [0.2, 0.25) is 0 Å². The molecular formula is C21H19N5O. The van der Waals surface area contributed by atoms with Gasteiger partial charge < -0.3 is 10.2 Å². The minimum Gasteiger partial charge on any atom is -0.351 e. The molecular weight excluding hydrogens is 338 g/mol. The van der Waals surface area contributed by atoms with E-state index in [9.17, 15) is 4.79 Å². The Morgan fingerprint density at radius 1 is 1.11 bits per heavy atom. The summed E-state index contributed by atoms with van der Waals surface area (Å²) in [5.74, 6) is 0.347. The molecule has 0 fully saturated rings. The van der Waals surface area contributed by atoms with Crippen molar-refractivity contribution in [1.29, 1.82) is 5.26 Å². The molecule has 0 aliphatic heterocycles. The molecule has 0 saturated heterocycles. The molecule has 3 rings (SSSR count). The monoisotopic (exact) mass is 357 g/mol. The first-order valence-electron chi connectivity index (χ1n) is 8.62. The van der Waals surface area contributed by atoms with Gasteiger partial charge >= 0.3 is 0 Å². The summed E-state index contributed by atoms with van der Waals surface area (Å²) >= 11 is 0. The zero-order valence-electron chi connectivity index (χ0n) is 15.0. The van der Waals surface area contributed by atoms with Crippen LogP contribution in [0, 0.1) is 11.3 Å². The number of hydrogen-bond donors (Lipinski definition) is 1. The van der Waals surface area contributed by atoms with Crippen LogP contribution >= 0.6 is 0 Å². The van der Waals surface area contributed by atoms with Gasteiger partial charge in [-0.15, -0.1) is 0 Å². The molecule has 134 valence electrons. The van der Waals surface area contributed by atoms with Gasteiger partial charge in [-0.05, 0) is 30.7 Å². The number of nitriles is 1. The second kappa shape index (κ2) is 8.59. The number of rotatable bonds is 6. The van der Waals surface area contributed by atoms with Gasteiger partial charge in [-0.25, -0.2) is 9.97 Å². The Kier molecular flexibility index (Phi) is 5.75. The van der Waals surface area contributed by atoms with E-state index in [1.54, 1.807) is 30.5 Å². The average molecular weight is 357 g/mol. The highest BCUT2D eigenvalue weighted by molar-refractivity contribution is 6.02. The summed E-state index contributed by atoms with van der Waals surface area (Å²) < 4.78 is 0. The van der Waals surface area contributed by atoms with E-state index in [1.807, 2.05) is 31.2 Å². The van der Waals surface area contributed by atoms with Gasteiger partial charge in [-0.3, -0.25) is 4.79 Å². The lowest BCUT2D eigenvalue weighted by Gasteiger charge is -2.21. The highest BCUT2D eigenvalue weighted by Crippen LogP contribution is 2.15. The van der Waals surface area contributed by atoms with E-state index in [-0.39, 0.29) is 11.6 Å². The van der Waals surface area contributed by atoms with Crippen LogP contribution < -0.4 is 10.2 Å². The Morgan fingerprint density at radius 2 is 1.93 bits per heavy atom. The Bertz CT molecular complexity index is 948. The smallest absolute Gasteiger partial charge is 0.275 e. The highest BCUT2D eigenvalue weighted by Gasteiger charge is 2.12. The Hall–Kier alpha value is -3.72. The van der Waals surface area contributed by atoms with Crippen molar-refractivity contribution < 1.29 is 4.79 Å². The van der Waals surface area contributed by atoms with Gasteiger partial charge in [0.25, 0.3) is 5.91 Å². The SMILES string of the molecule is CCN(Cc1ccccc1)c1cnc(C(=O)Nc2cccc(C#N)c2)cn1. The van der Waals surface area contributed by atoms with E-state index in [0.717, 1.165) is 13.1 Å². The van der Waals surface area contributed by atoms with Crippen LogP contribution in [0.3, 0.4) is 0 Å². The van der Waals surface area contributed by atoms with Crippen molar-refractivity contribution in [3.05, 3.63) is 83.8 Å². The van der Waals surface area contributed by atoms with Crippen molar-refractivity contribution >= 4 is 17.4 Å². The predicted octanol–water partition coefficient (Wildman–Crippen LogP) is 3.63. The van der Waals surface area contributed by atoms with E-state index >= 15 is 0 Å². The zero-order valence-corrected chi connectivity index (χ0v) is 15.0. The van der Waals surface area contributed by atoms with E-state index < -0.39 is 0 Å². The maximum absolute atomic E-state index is 12.3. The van der Waals surface area contributed by atoms with Crippen LogP contribution in [-0.4, -0.2) is 22.4 Å². The maximum atomic E-state index is 12.3. The first kappa shape index (κ1) is 18.1. The Labute approximate surface area is 158 Å². The first-order valence-corrected chi connectivity index (χ1v) is 8.62. The fourth-order valence-corrected chi connectivity index (χ4v) is 2.62. The lowest BCUT2D eigenvalue weighted by molar-refractivity contribution is 0.102. The van der Waals surface area contributed by atoms with Crippen LogP contribution in [-0.2, 0) is 6.54 Å². The number of benzene rings is 2. The lowest BCUT2D eigenvalue weighted by atomic mass is 10.2. The average Bonchev–Trinajstić information content (AvgIpc) is 2.73. The molecule has 0 spiro atoms. The molecule has 0 radical (unpaired) electrons. The molecule has 6 nitrogen and oxygen atoms in total. The molecule has 0 aliphatic rings. The number of amides is 1. The standard InChI is InChI=1S/C21H19N5O/c1-2-26(15-16-7-4-3-5-8-16)20-14-23-19(13-24-20)21(27)25-18-10-6-9-17(11-18)12-22/h3-11,13-14H,2,15H2,1H3,(H,25,27). The molecule has 2 aromatic carbocycles. The van der Waals surface area contributed by atoms with Gasteiger partial charge in [0.1, 0.15) is 11.5 Å². The molecule has 0 atom stereocenters. The minimum atomic E-state index is -0.366. The Morgan fingerprint density at radius 3 is 2.59 bits per heavy atom. The minimum absolute atomic E-state index is 0.219. The van der Waals surface area contributed by atoms with Crippen LogP contribution in [0.2, 0.25) is 0 Å². The summed E-state index contributed by atoms with van der Waals surface area (Å²) in [5.41, 5.74) is 2.43. The lowest BCUT2D eigenvalue weighted by Crippen LogP contribution is -2.24. The summed E-state index contributed by atoms with van der Waals surface area (Å²) in [6.07, 6.45) is 3.07. The normalized spacial score (nSPS) is 10.1. The van der Waals surface area contributed by atoms with Crippen molar-refractivity contribution in [2.45, 2.75) is 13.5 Å². The largest absolute Gasteiger partial charge is 0.351 e. The summed E-state index contributed by atoms with van der Waals surface area (Å²) in [6.45, 7) is 3.54. The van der Waals surface area contributed by atoms with Crippen LogP contribution in [0.1, 0.15) is 28.5 Å². The summed E-state index contributed by atoms with van der Waals surface area (Å²) in [7, 11) is 0. The van der Waals surface area contributed by atoms with E-state index in [2.05, 4.69) is 32.3 Å². The van der Waals surface area contributed by atoms with Crippen molar-refractivity contribution in [3.63, 3.8) is 0 Å². The number of carbonyl (C=O) groups is 1. The molecule has 6 heteroatoms. The predicted molar refractivity (Wildman–Crippen MR) is 104 cm³/mol. The van der Waals surface area contributed by atoms with Gasteiger partial charge in [-0.2, -0.15) is 5.26 Å². The quantitative estimate of drug-likeness (QED) is 0.728. The van der Waals surface area contributed by atoms with Crippen molar-refractivity contribution in [2.75, 3.05) is 16.8 Å². The number of aromatic nitrogens is 2. The first-order chi connectivity index (χ1) is 13.2. The number of nitrogens with one attached hydrogen (secondary N) is 1. The van der Waals surface area contributed by atoms with Gasteiger partial charge in [0.15, 0.2) is 0 Å². The van der Waals surface area contributed by atoms with E-state index in [4.69, 9.17) is 5.26 Å². The number of hydrogen-bond acceptors (Lipinski definition) is 5. The van der Waals surface area contributed by atoms with Gasteiger partial charge in [-0.1, -0.05) is 36.4 Å². The molecule has 1 heterocycles. The second-order valence-corrected chi connectivity index (χ2v) is 5.91. The van der Waals surface area contributed by atoms with E-state index in [1.165, 1.54) is 11.8 Å². The molecule has 1 N–H and O–H groups in total. The number of carbonyl (C=O) groups excluding carboxylic acids is 1. The summed E-state index contributed by atoms with van der Waals surface area (Å²) in [6, 6.07) is 18.9. The van der Waals surface area contributed by atoms with Crippen LogP contribution in [0.5, 0.6) is 0 Å². The zero-order chi connectivity index (χ0) is 19.1. The molecule has 27 heavy (non-hydrogen) atoms. The third-order valence-corrected chi connectivity index (χ3v) is 4.04. The van der Waals surface area contributed by atoms with Crippen molar-refractivity contribution in [2.24, 2.45) is 0 Å². The van der Waals surface area contributed by atoms with Gasteiger partial charge in [0.05, 0.1) is 24.0 Å². The molecule has 0 unspecified atom stereocenters. The van der Waals surface area contributed by atoms with Crippen molar-refractivity contribution in [3.8, 4) is 6.07 Å². The van der Waals surface area contributed by atoms with Gasteiger partial charge in [0, 0.05) is 18.8 Å².